The van der Waals surface area contributed by atoms with E-state index in [1.165, 1.54) is 5.56 Å². The SMILES string of the molecule is CCCOc1ccc(CNCCc2nc3ccccc3[nH]2)cc1OC. The highest BCUT2D eigenvalue weighted by Crippen LogP contribution is 2.28. The first-order valence-electron chi connectivity index (χ1n) is 8.74. The molecule has 1 heterocycles. The summed E-state index contributed by atoms with van der Waals surface area (Å²) in [6, 6.07) is 14.2. The van der Waals surface area contributed by atoms with Crippen LogP contribution in [-0.2, 0) is 13.0 Å². The number of para-hydroxylation sites is 2. The lowest BCUT2D eigenvalue weighted by atomic mass is 10.2. The van der Waals surface area contributed by atoms with E-state index >= 15 is 0 Å². The summed E-state index contributed by atoms with van der Waals surface area (Å²) in [5.74, 6) is 2.59. The van der Waals surface area contributed by atoms with Gasteiger partial charge in [0.05, 0.1) is 24.8 Å². The Morgan fingerprint density at radius 3 is 2.80 bits per heavy atom. The number of imidazole rings is 1. The maximum absolute atomic E-state index is 5.69. The molecule has 2 N–H and O–H groups in total. The highest BCUT2D eigenvalue weighted by molar-refractivity contribution is 5.74. The van der Waals surface area contributed by atoms with Crippen LogP contribution < -0.4 is 14.8 Å². The van der Waals surface area contributed by atoms with Gasteiger partial charge >= 0.3 is 0 Å². The van der Waals surface area contributed by atoms with Crippen LogP contribution in [0.5, 0.6) is 11.5 Å². The number of hydrogen-bond donors (Lipinski definition) is 2. The quantitative estimate of drug-likeness (QED) is 0.584. The van der Waals surface area contributed by atoms with Crippen molar-refractivity contribution >= 4 is 11.0 Å². The second kappa shape index (κ2) is 8.53. The molecule has 0 aliphatic carbocycles. The van der Waals surface area contributed by atoms with Crippen LogP contribution in [0.2, 0.25) is 0 Å². The number of ether oxygens (including phenoxy) is 2. The van der Waals surface area contributed by atoms with Gasteiger partial charge in [-0.1, -0.05) is 25.1 Å². The van der Waals surface area contributed by atoms with Crippen LogP contribution >= 0.6 is 0 Å². The van der Waals surface area contributed by atoms with E-state index in [-0.39, 0.29) is 0 Å². The second-order valence-electron chi connectivity index (χ2n) is 5.96. The fourth-order valence-electron chi connectivity index (χ4n) is 2.72. The molecule has 0 bridgehead atoms. The Bertz CT molecular complexity index is 781. The molecule has 0 radical (unpaired) electrons. The number of benzene rings is 2. The van der Waals surface area contributed by atoms with Gasteiger partial charge in [-0.3, -0.25) is 0 Å². The summed E-state index contributed by atoms with van der Waals surface area (Å²) in [7, 11) is 1.67. The Morgan fingerprint density at radius 2 is 2.00 bits per heavy atom. The van der Waals surface area contributed by atoms with E-state index < -0.39 is 0 Å². The van der Waals surface area contributed by atoms with E-state index in [4.69, 9.17) is 9.47 Å². The van der Waals surface area contributed by atoms with Crippen molar-refractivity contribution in [2.75, 3.05) is 20.3 Å². The maximum Gasteiger partial charge on any atom is 0.161 e. The van der Waals surface area contributed by atoms with Gasteiger partial charge in [-0.15, -0.1) is 0 Å². The first-order valence-corrected chi connectivity index (χ1v) is 8.74. The minimum absolute atomic E-state index is 0.700. The molecule has 0 spiro atoms. The average molecular weight is 339 g/mol. The zero-order valence-electron chi connectivity index (χ0n) is 14.8. The van der Waals surface area contributed by atoms with Crippen molar-refractivity contribution in [3.63, 3.8) is 0 Å². The fraction of sp³-hybridized carbons (Fsp3) is 0.350. The Hall–Kier alpha value is -2.53. The number of fused-ring (bicyclic) bond motifs is 1. The van der Waals surface area contributed by atoms with Crippen LogP contribution in [0.1, 0.15) is 24.7 Å². The average Bonchev–Trinajstić information content (AvgIpc) is 3.06. The predicted octanol–water partition coefficient (Wildman–Crippen LogP) is 3.69. The third kappa shape index (κ3) is 4.51. The minimum Gasteiger partial charge on any atom is -0.493 e. The molecular weight excluding hydrogens is 314 g/mol. The standard InChI is InChI=1S/C20H25N3O2/c1-3-12-25-18-9-8-15(13-19(18)24-2)14-21-11-10-20-22-16-6-4-5-7-17(16)23-20/h4-9,13,21H,3,10-12,14H2,1-2H3,(H,22,23). The molecule has 3 aromatic rings. The highest BCUT2D eigenvalue weighted by atomic mass is 16.5. The largest absolute Gasteiger partial charge is 0.493 e. The molecular formula is C20H25N3O2. The van der Waals surface area contributed by atoms with Crippen molar-refractivity contribution in [1.29, 1.82) is 0 Å². The fourth-order valence-corrected chi connectivity index (χ4v) is 2.72. The highest BCUT2D eigenvalue weighted by Gasteiger charge is 2.06. The molecule has 1 aromatic heterocycles. The van der Waals surface area contributed by atoms with Gasteiger partial charge in [0.15, 0.2) is 11.5 Å². The van der Waals surface area contributed by atoms with Gasteiger partial charge < -0.3 is 19.8 Å². The minimum atomic E-state index is 0.700. The van der Waals surface area contributed by atoms with Gasteiger partial charge in [-0.05, 0) is 36.2 Å². The summed E-state index contributed by atoms with van der Waals surface area (Å²) in [5, 5.41) is 3.45. The number of aromatic amines is 1. The van der Waals surface area contributed by atoms with Crippen molar-refractivity contribution in [2.24, 2.45) is 0 Å². The maximum atomic E-state index is 5.69. The van der Waals surface area contributed by atoms with E-state index in [1.54, 1.807) is 7.11 Å². The van der Waals surface area contributed by atoms with E-state index in [0.29, 0.717) is 6.61 Å². The summed E-state index contributed by atoms with van der Waals surface area (Å²) >= 11 is 0. The lowest BCUT2D eigenvalue weighted by Crippen LogP contribution is -2.17. The lowest BCUT2D eigenvalue weighted by Gasteiger charge is -2.12. The Balaban J connectivity index is 1.51. The summed E-state index contributed by atoms with van der Waals surface area (Å²) < 4.78 is 11.1. The first-order chi connectivity index (χ1) is 12.3. The monoisotopic (exact) mass is 339 g/mol. The van der Waals surface area contributed by atoms with Crippen molar-refractivity contribution in [1.82, 2.24) is 15.3 Å². The number of rotatable bonds is 9. The van der Waals surface area contributed by atoms with Crippen LogP contribution in [0.3, 0.4) is 0 Å². The van der Waals surface area contributed by atoms with Crippen LogP contribution in [0.4, 0.5) is 0 Å². The molecule has 0 aliphatic rings. The molecule has 5 nitrogen and oxygen atoms in total. The second-order valence-corrected chi connectivity index (χ2v) is 5.96. The molecule has 25 heavy (non-hydrogen) atoms. The lowest BCUT2D eigenvalue weighted by molar-refractivity contribution is 0.294. The van der Waals surface area contributed by atoms with E-state index in [2.05, 4.69) is 28.3 Å². The molecule has 0 saturated carbocycles. The van der Waals surface area contributed by atoms with Gasteiger partial charge in [0, 0.05) is 19.5 Å². The zero-order valence-corrected chi connectivity index (χ0v) is 14.8. The van der Waals surface area contributed by atoms with Crippen LogP contribution in [0.25, 0.3) is 11.0 Å². The first kappa shape index (κ1) is 17.3. The Morgan fingerprint density at radius 1 is 1.12 bits per heavy atom. The third-order valence-electron chi connectivity index (χ3n) is 4.00. The van der Waals surface area contributed by atoms with Crippen molar-refractivity contribution in [3.05, 3.63) is 53.9 Å². The molecule has 0 aliphatic heterocycles. The van der Waals surface area contributed by atoms with Gasteiger partial charge in [-0.2, -0.15) is 0 Å². The van der Waals surface area contributed by atoms with Crippen LogP contribution in [-0.4, -0.2) is 30.2 Å². The molecule has 0 saturated heterocycles. The van der Waals surface area contributed by atoms with Gasteiger partial charge in [0.25, 0.3) is 0 Å². The molecule has 5 heteroatoms. The normalized spacial score (nSPS) is 11.0. The molecule has 0 unspecified atom stereocenters. The number of aromatic nitrogens is 2. The Labute approximate surface area is 148 Å². The zero-order chi connectivity index (χ0) is 17.5. The predicted molar refractivity (Wildman–Crippen MR) is 100 cm³/mol. The molecule has 3 rings (SSSR count). The van der Waals surface area contributed by atoms with E-state index in [0.717, 1.165) is 54.3 Å². The summed E-state index contributed by atoms with van der Waals surface area (Å²) in [5.41, 5.74) is 3.28. The van der Waals surface area contributed by atoms with Crippen LogP contribution in [0, 0.1) is 0 Å². The number of nitrogens with zero attached hydrogens (tertiary/aromatic N) is 1. The molecule has 0 amide bonds. The number of hydrogen-bond acceptors (Lipinski definition) is 4. The number of H-pyrrole nitrogens is 1. The van der Waals surface area contributed by atoms with E-state index in [1.807, 2.05) is 36.4 Å². The molecule has 2 aromatic carbocycles. The number of methoxy groups -OCH3 is 1. The smallest absolute Gasteiger partial charge is 0.161 e. The number of nitrogens with one attached hydrogen (secondary N) is 2. The van der Waals surface area contributed by atoms with Crippen molar-refractivity contribution in [2.45, 2.75) is 26.3 Å². The summed E-state index contributed by atoms with van der Waals surface area (Å²) in [4.78, 5) is 7.94. The van der Waals surface area contributed by atoms with Crippen molar-refractivity contribution < 1.29 is 9.47 Å². The van der Waals surface area contributed by atoms with Gasteiger partial charge in [0.1, 0.15) is 5.82 Å². The Kier molecular flexibility index (Phi) is 5.90. The third-order valence-corrected chi connectivity index (χ3v) is 4.00. The summed E-state index contributed by atoms with van der Waals surface area (Å²) in [6.45, 7) is 4.43. The van der Waals surface area contributed by atoms with Crippen LogP contribution in [0.15, 0.2) is 42.5 Å². The van der Waals surface area contributed by atoms with Gasteiger partial charge in [0.2, 0.25) is 0 Å². The topological polar surface area (TPSA) is 59.2 Å². The molecule has 0 atom stereocenters. The molecule has 132 valence electrons. The molecule has 0 fully saturated rings. The summed E-state index contributed by atoms with van der Waals surface area (Å²) in [6.07, 6.45) is 1.85. The van der Waals surface area contributed by atoms with E-state index in [9.17, 15) is 0 Å². The van der Waals surface area contributed by atoms with Gasteiger partial charge in [-0.25, -0.2) is 4.98 Å². The van der Waals surface area contributed by atoms with Crippen molar-refractivity contribution in [3.8, 4) is 11.5 Å².